The maximum Gasteiger partial charge on any atom is 0.255 e. The summed E-state index contributed by atoms with van der Waals surface area (Å²) >= 11 is 0. The Labute approximate surface area is 146 Å². The maximum atomic E-state index is 12.6. The third-order valence-electron chi connectivity index (χ3n) is 4.16. The van der Waals surface area contributed by atoms with E-state index in [0.717, 1.165) is 0 Å². The highest BCUT2D eigenvalue weighted by molar-refractivity contribution is 7.89. The van der Waals surface area contributed by atoms with E-state index in [2.05, 4.69) is 15.2 Å². The van der Waals surface area contributed by atoms with Crippen LogP contribution in [-0.4, -0.2) is 74.7 Å². The van der Waals surface area contributed by atoms with Crippen LogP contribution in [0.3, 0.4) is 0 Å². The lowest BCUT2D eigenvalue weighted by atomic mass is 10.2. The Morgan fingerprint density at radius 2 is 1.72 bits per heavy atom. The van der Waals surface area contributed by atoms with E-state index in [1.807, 2.05) is 0 Å². The Bertz CT molecular complexity index is 825. The van der Waals surface area contributed by atoms with Crippen LogP contribution in [0.4, 0.5) is 0 Å². The van der Waals surface area contributed by atoms with Gasteiger partial charge in [-0.15, -0.1) is 10.2 Å². The molecule has 1 fully saturated rings. The van der Waals surface area contributed by atoms with Crippen LogP contribution in [0.15, 0.2) is 31.0 Å². The van der Waals surface area contributed by atoms with E-state index in [4.69, 9.17) is 0 Å². The third kappa shape index (κ3) is 3.54. The van der Waals surface area contributed by atoms with Gasteiger partial charge in [0.05, 0.1) is 10.8 Å². The van der Waals surface area contributed by atoms with Crippen molar-refractivity contribution in [1.29, 1.82) is 0 Å². The average molecular weight is 364 g/mol. The number of piperazine rings is 1. The molecular weight excluding hydrogens is 344 g/mol. The molecular formula is C15H20N6O3S. The maximum absolute atomic E-state index is 12.6. The summed E-state index contributed by atoms with van der Waals surface area (Å²) in [5.74, 6) is 0.471. The molecule has 0 N–H and O–H groups in total. The number of amides is 1. The SMILES string of the molecule is CC(C)S(=O)(=O)N1CCN(C(=O)c2ccc(-n3cnnc3)nc2)CC1. The fourth-order valence-corrected chi connectivity index (χ4v) is 3.88. The standard InChI is InChI=1S/C15H20N6O3S/c1-12(2)25(23,24)21-7-5-19(6-8-21)15(22)13-3-4-14(16-9-13)20-10-17-18-11-20/h3-4,9-12H,5-8H2,1-2H3. The quantitative estimate of drug-likeness (QED) is 0.766. The van der Waals surface area contributed by atoms with Gasteiger partial charge in [-0.3, -0.25) is 9.36 Å². The Kier molecular flexibility index (Phi) is 4.82. The number of nitrogens with zero attached hydrogens (tertiary/aromatic N) is 6. The summed E-state index contributed by atoms with van der Waals surface area (Å²) in [5, 5.41) is 6.97. The molecule has 2 aromatic rings. The van der Waals surface area contributed by atoms with Gasteiger partial charge < -0.3 is 4.90 Å². The van der Waals surface area contributed by atoms with Crippen LogP contribution in [0, 0.1) is 0 Å². The molecule has 0 bridgehead atoms. The molecule has 0 radical (unpaired) electrons. The molecule has 0 unspecified atom stereocenters. The Morgan fingerprint density at radius 1 is 1.08 bits per heavy atom. The van der Waals surface area contributed by atoms with Gasteiger partial charge in [0.25, 0.3) is 5.91 Å². The zero-order valence-electron chi connectivity index (χ0n) is 14.1. The molecule has 134 valence electrons. The lowest BCUT2D eigenvalue weighted by Crippen LogP contribution is -2.51. The van der Waals surface area contributed by atoms with E-state index >= 15 is 0 Å². The first-order chi connectivity index (χ1) is 11.9. The number of rotatable bonds is 4. The van der Waals surface area contributed by atoms with Crippen LogP contribution < -0.4 is 0 Å². The van der Waals surface area contributed by atoms with E-state index in [1.165, 1.54) is 23.2 Å². The van der Waals surface area contributed by atoms with Gasteiger partial charge in [-0.25, -0.2) is 13.4 Å². The Hall–Kier alpha value is -2.33. The van der Waals surface area contributed by atoms with Crippen molar-refractivity contribution in [3.8, 4) is 5.82 Å². The van der Waals surface area contributed by atoms with E-state index in [0.29, 0.717) is 37.6 Å². The predicted molar refractivity (Wildman–Crippen MR) is 90.7 cm³/mol. The monoisotopic (exact) mass is 364 g/mol. The molecule has 3 rings (SSSR count). The largest absolute Gasteiger partial charge is 0.336 e. The first-order valence-electron chi connectivity index (χ1n) is 7.99. The summed E-state index contributed by atoms with van der Waals surface area (Å²) in [6.07, 6.45) is 4.56. The minimum Gasteiger partial charge on any atom is -0.336 e. The molecule has 0 spiro atoms. The fourth-order valence-electron chi connectivity index (χ4n) is 2.61. The summed E-state index contributed by atoms with van der Waals surface area (Å²) in [4.78, 5) is 18.5. The van der Waals surface area contributed by atoms with Gasteiger partial charge in [0.2, 0.25) is 10.0 Å². The fraction of sp³-hybridized carbons (Fsp3) is 0.467. The third-order valence-corrected chi connectivity index (χ3v) is 6.44. The topological polar surface area (TPSA) is 101 Å². The van der Waals surface area contributed by atoms with Crippen LogP contribution in [0.5, 0.6) is 0 Å². The van der Waals surface area contributed by atoms with Crippen molar-refractivity contribution < 1.29 is 13.2 Å². The van der Waals surface area contributed by atoms with Crippen molar-refractivity contribution in [2.45, 2.75) is 19.1 Å². The first-order valence-corrected chi connectivity index (χ1v) is 9.49. The summed E-state index contributed by atoms with van der Waals surface area (Å²) in [7, 11) is -3.28. The van der Waals surface area contributed by atoms with E-state index < -0.39 is 15.3 Å². The lowest BCUT2D eigenvalue weighted by Gasteiger charge is -2.34. The zero-order chi connectivity index (χ0) is 18.0. The van der Waals surface area contributed by atoms with Crippen molar-refractivity contribution in [3.63, 3.8) is 0 Å². The molecule has 1 aliphatic heterocycles. The van der Waals surface area contributed by atoms with Crippen LogP contribution >= 0.6 is 0 Å². The molecule has 3 heterocycles. The molecule has 2 aromatic heterocycles. The van der Waals surface area contributed by atoms with Gasteiger partial charge >= 0.3 is 0 Å². The van der Waals surface area contributed by atoms with Crippen LogP contribution in [0.1, 0.15) is 24.2 Å². The molecule has 0 atom stereocenters. The summed E-state index contributed by atoms with van der Waals surface area (Å²) in [5.41, 5.74) is 0.469. The molecule has 0 saturated carbocycles. The highest BCUT2D eigenvalue weighted by Gasteiger charge is 2.31. The second kappa shape index (κ2) is 6.89. The molecule has 9 nitrogen and oxygen atoms in total. The summed E-state index contributed by atoms with van der Waals surface area (Å²) < 4.78 is 27.5. The number of carbonyl (C=O) groups is 1. The summed E-state index contributed by atoms with van der Waals surface area (Å²) in [6, 6.07) is 3.41. The van der Waals surface area contributed by atoms with Gasteiger partial charge in [-0.05, 0) is 26.0 Å². The van der Waals surface area contributed by atoms with Gasteiger partial charge in [-0.2, -0.15) is 4.31 Å². The zero-order valence-corrected chi connectivity index (χ0v) is 14.9. The Balaban J connectivity index is 1.65. The van der Waals surface area contributed by atoms with Crippen molar-refractivity contribution in [2.75, 3.05) is 26.2 Å². The number of hydrogen-bond acceptors (Lipinski definition) is 6. The molecule has 1 saturated heterocycles. The van der Waals surface area contributed by atoms with Gasteiger partial charge in [-0.1, -0.05) is 0 Å². The predicted octanol–water partition coefficient (Wildman–Crippen LogP) is 0.158. The number of hydrogen-bond donors (Lipinski definition) is 0. The molecule has 25 heavy (non-hydrogen) atoms. The highest BCUT2D eigenvalue weighted by atomic mass is 32.2. The summed E-state index contributed by atoms with van der Waals surface area (Å²) in [6.45, 7) is 4.71. The molecule has 1 amide bonds. The Morgan fingerprint density at radius 3 is 2.24 bits per heavy atom. The normalized spacial score (nSPS) is 16.4. The second-order valence-electron chi connectivity index (χ2n) is 6.06. The minimum atomic E-state index is -3.28. The van der Waals surface area contributed by atoms with Crippen molar-refractivity contribution >= 4 is 15.9 Å². The van der Waals surface area contributed by atoms with Gasteiger partial charge in [0.1, 0.15) is 18.5 Å². The van der Waals surface area contributed by atoms with Crippen LogP contribution in [0.25, 0.3) is 5.82 Å². The van der Waals surface area contributed by atoms with E-state index in [9.17, 15) is 13.2 Å². The van der Waals surface area contributed by atoms with Crippen LogP contribution in [-0.2, 0) is 10.0 Å². The second-order valence-corrected chi connectivity index (χ2v) is 8.55. The minimum absolute atomic E-state index is 0.149. The number of sulfonamides is 1. The van der Waals surface area contributed by atoms with Crippen molar-refractivity contribution in [2.24, 2.45) is 0 Å². The molecule has 1 aliphatic rings. The number of pyridine rings is 1. The molecule has 10 heteroatoms. The van der Waals surface area contributed by atoms with Crippen LogP contribution in [0.2, 0.25) is 0 Å². The van der Waals surface area contributed by atoms with Gasteiger partial charge in [0.15, 0.2) is 0 Å². The number of carbonyl (C=O) groups excluding carboxylic acids is 1. The van der Waals surface area contributed by atoms with Gasteiger partial charge in [0, 0.05) is 32.4 Å². The highest BCUT2D eigenvalue weighted by Crippen LogP contribution is 2.15. The lowest BCUT2D eigenvalue weighted by molar-refractivity contribution is 0.0697. The van der Waals surface area contributed by atoms with Crippen molar-refractivity contribution in [3.05, 3.63) is 36.5 Å². The first kappa shape index (κ1) is 17.5. The smallest absolute Gasteiger partial charge is 0.255 e. The molecule has 0 aromatic carbocycles. The van der Waals surface area contributed by atoms with E-state index in [1.54, 1.807) is 35.4 Å². The number of aromatic nitrogens is 4. The molecule has 0 aliphatic carbocycles. The van der Waals surface area contributed by atoms with Crippen molar-refractivity contribution in [1.82, 2.24) is 29.0 Å². The average Bonchev–Trinajstić information content (AvgIpc) is 3.16. The van der Waals surface area contributed by atoms with E-state index in [-0.39, 0.29) is 5.91 Å².